The Morgan fingerprint density at radius 2 is 1.85 bits per heavy atom. The van der Waals surface area contributed by atoms with Gasteiger partial charge in [0.1, 0.15) is 11.9 Å². The normalized spacial score (nSPS) is 16.0. The quantitative estimate of drug-likeness (QED) is 0.783. The lowest BCUT2D eigenvalue weighted by Crippen LogP contribution is -2.49. The number of carbonyl (C=O) groups is 2. The summed E-state index contributed by atoms with van der Waals surface area (Å²) < 4.78 is 5.19. The van der Waals surface area contributed by atoms with Crippen LogP contribution in [-0.4, -0.2) is 45.6 Å². The Morgan fingerprint density at radius 3 is 2.58 bits per heavy atom. The Kier molecular flexibility index (Phi) is 5.85. The van der Waals surface area contributed by atoms with Crippen molar-refractivity contribution in [2.24, 2.45) is 0 Å². The van der Waals surface area contributed by atoms with E-state index in [4.69, 9.17) is 4.42 Å². The standard InChI is InChI=1S/C20H23NO5/c22-17(9-3-7-16-8-4-12-26-16)18(23)19(24)20(25)21-11-10-14-5-1-2-6-15(14)13-21/h1-2,4-6,8,12,18-19,23-24H,3,7,9-11,13H2/t18-,19+/m0/s1. The minimum absolute atomic E-state index is 0.0784. The maximum Gasteiger partial charge on any atom is 0.254 e. The van der Waals surface area contributed by atoms with Gasteiger partial charge in [-0.05, 0) is 36.1 Å². The van der Waals surface area contributed by atoms with Gasteiger partial charge >= 0.3 is 0 Å². The summed E-state index contributed by atoms with van der Waals surface area (Å²) in [6, 6.07) is 11.4. The highest BCUT2D eigenvalue weighted by molar-refractivity contribution is 5.91. The fourth-order valence-corrected chi connectivity index (χ4v) is 3.22. The van der Waals surface area contributed by atoms with E-state index < -0.39 is 23.9 Å². The highest BCUT2D eigenvalue weighted by Gasteiger charge is 2.34. The third kappa shape index (κ3) is 4.20. The average molecular weight is 357 g/mol. The van der Waals surface area contributed by atoms with Gasteiger partial charge in [-0.2, -0.15) is 0 Å². The lowest BCUT2D eigenvalue weighted by molar-refractivity contribution is -0.153. The molecule has 2 N–H and O–H groups in total. The summed E-state index contributed by atoms with van der Waals surface area (Å²) in [6.45, 7) is 0.845. The second kappa shape index (κ2) is 8.29. The van der Waals surface area contributed by atoms with E-state index in [1.54, 1.807) is 12.3 Å². The lowest BCUT2D eigenvalue weighted by Gasteiger charge is -2.31. The fourth-order valence-electron chi connectivity index (χ4n) is 3.22. The Morgan fingerprint density at radius 1 is 1.08 bits per heavy atom. The van der Waals surface area contributed by atoms with E-state index in [1.807, 2.05) is 30.3 Å². The number of hydrogen-bond donors (Lipinski definition) is 2. The molecule has 0 fully saturated rings. The summed E-state index contributed by atoms with van der Waals surface area (Å²) in [6.07, 6.45) is -0.0327. The predicted octanol–water partition coefficient (Wildman–Crippen LogP) is 1.48. The summed E-state index contributed by atoms with van der Waals surface area (Å²) in [7, 11) is 0. The molecule has 0 saturated carbocycles. The van der Waals surface area contributed by atoms with Gasteiger partial charge in [0.25, 0.3) is 5.91 Å². The Bertz CT molecular complexity index is 755. The van der Waals surface area contributed by atoms with Gasteiger partial charge in [-0.15, -0.1) is 0 Å². The Balaban J connectivity index is 1.51. The van der Waals surface area contributed by atoms with Crippen LogP contribution < -0.4 is 0 Å². The topological polar surface area (TPSA) is 91.0 Å². The monoisotopic (exact) mass is 357 g/mol. The molecule has 26 heavy (non-hydrogen) atoms. The number of benzene rings is 1. The van der Waals surface area contributed by atoms with Gasteiger partial charge in [-0.3, -0.25) is 9.59 Å². The molecule has 2 atom stereocenters. The molecule has 2 heterocycles. The van der Waals surface area contributed by atoms with Crippen LogP contribution in [0.3, 0.4) is 0 Å². The van der Waals surface area contributed by atoms with Crippen LogP contribution in [0.5, 0.6) is 0 Å². The van der Waals surface area contributed by atoms with E-state index in [0.29, 0.717) is 32.4 Å². The third-order valence-corrected chi connectivity index (χ3v) is 4.75. The van der Waals surface area contributed by atoms with Crippen LogP contribution in [0.15, 0.2) is 47.1 Å². The first-order valence-corrected chi connectivity index (χ1v) is 8.83. The van der Waals surface area contributed by atoms with Crippen molar-refractivity contribution in [3.63, 3.8) is 0 Å². The van der Waals surface area contributed by atoms with E-state index >= 15 is 0 Å². The van der Waals surface area contributed by atoms with Crippen LogP contribution in [0.1, 0.15) is 29.7 Å². The third-order valence-electron chi connectivity index (χ3n) is 4.75. The zero-order chi connectivity index (χ0) is 18.5. The summed E-state index contributed by atoms with van der Waals surface area (Å²) >= 11 is 0. The smallest absolute Gasteiger partial charge is 0.254 e. The van der Waals surface area contributed by atoms with Gasteiger partial charge in [0.15, 0.2) is 11.9 Å². The number of fused-ring (bicyclic) bond motifs is 1. The fraction of sp³-hybridized carbons (Fsp3) is 0.400. The van der Waals surface area contributed by atoms with Crippen molar-refractivity contribution < 1.29 is 24.2 Å². The number of nitrogens with zero attached hydrogens (tertiary/aromatic N) is 1. The van der Waals surface area contributed by atoms with Gasteiger partial charge < -0.3 is 19.5 Å². The van der Waals surface area contributed by atoms with E-state index in [2.05, 4.69) is 0 Å². The van der Waals surface area contributed by atoms with Crippen molar-refractivity contribution in [3.05, 3.63) is 59.5 Å². The molecule has 6 nitrogen and oxygen atoms in total. The Hall–Kier alpha value is -2.44. The van der Waals surface area contributed by atoms with Crippen LogP contribution in [0.25, 0.3) is 0 Å². The molecule has 1 amide bonds. The molecule has 6 heteroatoms. The van der Waals surface area contributed by atoms with E-state index in [9.17, 15) is 19.8 Å². The maximum absolute atomic E-state index is 12.5. The van der Waals surface area contributed by atoms with E-state index in [-0.39, 0.29) is 6.42 Å². The first-order valence-electron chi connectivity index (χ1n) is 8.83. The molecule has 0 aliphatic carbocycles. The molecule has 3 rings (SSSR count). The second-order valence-electron chi connectivity index (χ2n) is 6.57. The molecular weight excluding hydrogens is 334 g/mol. The number of aliphatic hydroxyl groups is 2. The highest BCUT2D eigenvalue weighted by Crippen LogP contribution is 2.20. The number of aryl methyl sites for hydroxylation is 1. The molecule has 1 aromatic heterocycles. The summed E-state index contributed by atoms with van der Waals surface area (Å²) in [5, 5.41) is 20.2. The number of rotatable bonds is 7. The molecule has 1 aromatic carbocycles. The minimum Gasteiger partial charge on any atom is -0.469 e. The van der Waals surface area contributed by atoms with Crippen LogP contribution in [-0.2, 0) is 29.0 Å². The van der Waals surface area contributed by atoms with Crippen LogP contribution >= 0.6 is 0 Å². The molecule has 1 aliphatic heterocycles. The van der Waals surface area contributed by atoms with E-state index in [0.717, 1.165) is 11.3 Å². The molecule has 0 radical (unpaired) electrons. The van der Waals surface area contributed by atoms with Crippen molar-refractivity contribution in [3.8, 4) is 0 Å². The average Bonchev–Trinajstić information content (AvgIpc) is 3.19. The van der Waals surface area contributed by atoms with Gasteiger partial charge in [-0.1, -0.05) is 24.3 Å². The summed E-state index contributed by atoms with van der Waals surface area (Å²) in [4.78, 5) is 26.0. The molecule has 0 spiro atoms. The molecular formula is C20H23NO5. The first-order chi connectivity index (χ1) is 12.6. The largest absolute Gasteiger partial charge is 0.469 e. The molecule has 0 unspecified atom stereocenters. The van der Waals surface area contributed by atoms with Gasteiger partial charge in [0, 0.05) is 25.9 Å². The molecule has 1 aliphatic rings. The van der Waals surface area contributed by atoms with Crippen LogP contribution in [0, 0.1) is 0 Å². The molecule has 0 bridgehead atoms. The van der Waals surface area contributed by atoms with Gasteiger partial charge in [-0.25, -0.2) is 0 Å². The van der Waals surface area contributed by atoms with Crippen molar-refractivity contribution in [2.75, 3.05) is 6.54 Å². The maximum atomic E-state index is 12.5. The van der Waals surface area contributed by atoms with Gasteiger partial charge in [0.05, 0.1) is 6.26 Å². The molecule has 0 saturated heterocycles. The SMILES string of the molecule is O=C(CCCc1ccco1)[C@H](O)[C@@H](O)C(=O)N1CCc2ccccc2C1. The number of furan rings is 1. The molecule has 138 valence electrons. The number of Topliss-reactive ketones (excluding diaryl/α,β-unsaturated/α-hetero) is 1. The number of carbonyl (C=O) groups excluding carboxylic acids is 2. The summed E-state index contributed by atoms with van der Waals surface area (Å²) in [5.41, 5.74) is 2.21. The predicted molar refractivity (Wildman–Crippen MR) is 94.2 cm³/mol. The second-order valence-corrected chi connectivity index (χ2v) is 6.57. The van der Waals surface area contributed by atoms with Crippen molar-refractivity contribution in [1.29, 1.82) is 0 Å². The molecule has 2 aromatic rings. The zero-order valence-electron chi connectivity index (χ0n) is 14.5. The van der Waals surface area contributed by atoms with Crippen molar-refractivity contribution >= 4 is 11.7 Å². The highest BCUT2D eigenvalue weighted by atomic mass is 16.3. The number of hydrogen-bond acceptors (Lipinski definition) is 5. The number of aliphatic hydroxyl groups excluding tert-OH is 2. The van der Waals surface area contributed by atoms with Crippen molar-refractivity contribution in [1.82, 2.24) is 4.90 Å². The first kappa shape index (κ1) is 18.4. The van der Waals surface area contributed by atoms with Gasteiger partial charge in [0.2, 0.25) is 0 Å². The summed E-state index contributed by atoms with van der Waals surface area (Å²) in [5.74, 6) is -0.378. The minimum atomic E-state index is -1.73. The lowest BCUT2D eigenvalue weighted by atomic mass is 9.98. The number of amides is 1. The zero-order valence-corrected chi connectivity index (χ0v) is 14.5. The van der Waals surface area contributed by atoms with Crippen LogP contribution in [0.4, 0.5) is 0 Å². The number of ketones is 1. The van der Waals surface area contributed by atoms with Crippen LogP contribution in [0.2, 0.25) is 0 Å². The van der Waals surface area contributed by atoms with Crippen molar-refractivity contribution in [2.45, 2.75) is 44.4 Å². The Labute approximate surface area is 152 Å². The van der Waals surface area contributed by atoms with E-state index in [1.165, 1.54) is 10.5 Å².